The minimum atomic E-state index is -0.0892. The minimum absolute atomic E-state index is 0.0892. The van der Waals surface area contributed by atoms with Gasteiger partial charge in [-0.2, -0.15) is 4.68 Å². The summed E-state index contributed by atoms with van der Waals surface area (Å²) in [4.78, 5) is 18.1. The molecule has 3 aromatic heterocycles. The number of tetrazole rings is 1. The molecule has 0 saturated carbocycles. The third-order valence-corrected chi connectivity index (χ3v) is 5.33. The fourth-order valence-corrected chi connectivity index (χ4v) is 3.76. The average molecular weight is 359 g/mol. The van der Waals surface area contributed by atoms with E-state index in [-0.39, 0.29) is 5.91 Å². The molecule has 0 aliphatic rings. The Kier molecular flexibility index (Phi) is 5.22. The van der Waals surface area contributed by atoms with Gasteiger partial charge >= 0.3 is 0 Å². The molecule has 0 saturated heterocycles. The van der Waals surface area contributed by atoms with E-state index in [9.17, 15) is 4.79 Å². The maximum absolute atomic E-state index is 12.7. The number of nitrogens with one attached hydrogen (secondary N) is 1. The quantitative estimate of drug-likeness (QED) is 0.651. The van der Waals surface area contributed by atoms with E-state index in [4.69, 9.17) is 0 Å². The summed E-state index contributed by atoms with van der Waals surface area (Å²) in [5, 5.41) is 15.0. The lowest BCUT2D eigenvalue weighted by atomic mass is 10.1. The number of thiophene rings is 1. The van der Waals surface area contributed by atoms with Gasteiger partial charge < -0.3 is 9.88 Å². The zero-order chi connectivity index (χ0) is 17.8. The van der Waals surface area contributed by atoms with Gasteiger partial charge in [0.1, 0.15) is 17.2 Å². The number of imidazole rings is 1. The number of rotatable bonds is 7. The van der Waals surface area contributed by atoms with Gasteiger partial charge in [0.25, 0.3) is 5.91 Å². The van der Waals surface area contributed by atoms with Gasteiger partial charge in [-0.05, 0) is 36.3 Å². The summed E-state index contributed by atoms with van der Waals surface area (Å²) in [6, 6.07) is 0. The molecule has 0 aromatic carbocycles. The van der Waals surface area contributed by atoms with Crippen LogP contribution >= 0.6 is 11.3 Å². The largest absolute Gasteiger partial charge is 0.352 e. The highest BCUT2D eigenvalue weighted by Gasteiger charge is 2.21. The second-order valence-corrected chi connectivity index (χ2v) is 6.92. The number of amides is 1. The smallest absolute Gasteiger partial charge is 0.254 e. The normalized spacial score (nSPS) is 11.0. The van der Waals surface area contributed by atoms with Crippen molar-refractivity contribution in [3.05, 3.63) is 40.5 Å². The van der Waals surface area contributed by atoms with Crippen molar-refractivity contribution in [1.82, 2.24) is 35.1 Å². The molecule has 0 aliphatic carbocycles. The van der Waals surface area contributed by atoms with Crippen molar-refractivity contribution in [2.75, 3.05) is 6.54 Å². The Morgan fingerprint density at radius 2 is 2.20 bits per heavy atom. The molecule has 3 heterocycles. The van der Waals surface area contributed by atoms with Crippen LogP contribution in [0.25, 0.3) is 5.00 Å². The summed E-state index contributed by atoms with van der Waals surface area (Å²) >= 11 is 1.52. The monoisotopic (exact) mass is 359 g/mol. The van der Waals surface area contributed by atoms with E-state index < -0.39 is 0 Å². The standard InChI is InChI=1S/C16H21N7OS/c1-4-13-17-7-9-22(13)8-5-6-18-15(24)14-11(2)12(3)25-16(14)23-10-19-20-21-23/h7,9-10H,4-6,8H2,1-3H3,(H,18,24). The van der Waals surface area contributed by atoms with Crippen molar-refractivity contribution < 1.29 is 4.79 Å². The summed E-state index contributed by atoms with van der Waals surface area (Å²) < 4.78 is 3.66. The first kappa shape index (κ1) is 17.3. The Balaban J connectivity index is 1.64. The SMILES string of the molecule is CCc1nccn1CCCNC(=O)c1c(-n2cnnn2)sc(C)c1C. The van der Waals surface area contributed by atoms with E-state index in [0.717, 1.165) is 40.7 Å². The number of aryl methyl sites for hydroxylation is 3. The molecule has 1 N–H and O–H groups in total. The molecule has 1 amide bonds. The Morgan fingerprint density at radius 3 is 2.92 bits per heavy atom. The van der Waals surface area contributed by atoms with E-state index in [0.29, 0.717) is 12.1 Å². The predicted molar refractivity (Wildman–Crippen MR) is 95.1 cm³/mol. The first-order valence-corrected chi connectivity index (χ1v) is 9.05. The Bertz CT molecular complexity index is 850. The molecular weight excluding hydrogens is 338 g/mol. The lowest BCUT2D eigenvalue weighted by Crippen LogP contribution is -2.26. The van der Waals surface area contributed by atoms with Crippen molar-refractivity contribution in [2.24, 2.45) is 0 Å². The zero-order valence-corrected chi connectivity index (χ0v) is 15.4. The van der Waals surface area contributed by atoms with Crippen LogP contribution in [0.1, 0.15) is 40.0 Å². The van der Waals surface area contributed by atoms with Crippen molar-refractivity contribution in [1.29, 1.82) is 0 Å². The highest BCUT2D eigenvalue weighted by molar-refractivity contribution is 7.15. The van der Waals surface area contributed by atoms with Gasteiger partial charge in [0.15, 0.2) is 0 Å². The molecular formula is C16H21N7OS. The van der Waals surface area contributed by atoms with Crippen LogP contribution in [0.4, 0.5) is 0 Å². The molecule has 0 aliphatic heterocycles. The zero-order valence-electron chi connectivity index (χ0n) is 14.6. The maximum atomic E-state index is 12.7. The number of hydrogen-bond acceptors (Lipinski definition) is 6. The fraction of sp³-hybridized carbons (Fsp3) is 0.438. The molecule has 0 unspecified atom stereocenters. The van der Waals surface area contributed by atoms with Gasteiger partial charge in [0, 0.05) is 36.8 Å². The van der Waals surface area contributed by atoms with Gasteiger partial charge in [-0.15, -0.1) is 16.4 Å². The lowest BCUT2D eigenvalue weighted by Gasteiger charge is -2.09. The van der Waals surface area contributed by atoms with Crippen molar-refractivity contribution in [3.63, 3.8) is 0 Å². The molecule has 0 fully saturated rings. The highest BCUT2D eigenvalue weighted by atomic mass is 32.1. The Labute approximate surface area is 149 Å². The van der Waals surface area contributed by atoms with Crippen LogP contribution in [0.2, 0.25) is 0 Å². The van der Waals surface area contributed by atoms with Gasteiger partial charge in [0.05, 0.1) is 5.56 Å². The third-order valence-electron chi connectivity index (χ3n) is 4.13. The van der Waals surface area contributed by atoms with Crippen LogP contribution in [0.15, 0.2) is 18.7 Å². The highest BCUT2D eigenvalue weighted by Crippen LogP contribution is 2.29. The predicted octanol–water partition coefficient (Wildman–Crippen LogP) is 1.92. The molecule has 0 bridgehead atoms. The second-order valence-electron chi connectivity index (χ2n) is 5.72. The third kappa shape index (κ3) is 3.60. The van der Waals surface area contributed by atoms with E-state index in [1.54, 1.807) is 4.68 Å². The molecule has 3 aromatic rings. The van der Waals surface area contributed by atoms with Crippen LogP contribution in [0.3, 0.4) is 0 Å². The summed E-state index contributed by atoms with van der Waals surface area (Å²) in [6.45, 7) is 7.47. The molecule has 0 radical (unpaired) electrons. The van der Waals surface area contributed by atoms with Gasteiger partial charge in [-0.1, -0.05) is 6.92 Å². The lowest BCUT2D eigenvalue weighted by molar-refractivity contribution is 0.0952. The van der Waals surface area contributed by atoms with Gasteiger partial charge in [-0.25, -0.2) is 4.98 Å². The number of carbonyl (C=O) groups is 1. The summed E-state index contributed by atoms with van der Waals surface area (Å²) in [5.41, 5.74) is 1.61. The van der Waals surface area contributed by atoms with Gasteiger partial charge in [-0.3, -0.25) is 4.79 Å². The second kappa shape index (κ2) is 7.56. The van der Waals surface area contributed by atoms with Crippen molar-refractivity contribution >= 4 is 17.2 Å². The molecule has 0 spiro atoms. The number of aromatic nitrogens is 6. The molecule has 132 valence electrons. The number of hydrogen-bond donors (Lipinski definition) is 1. The van der Waals surface area contributed by atoms with Crippen molar-refractivity contribution in [2.45, 2.75) is 40.2 Å². The molecule has 25 heavy (non-hydrogen) atoms. The molecule has 0 atom stereocenters. The van der Waals surface area contributed by atoms with Gasteiger partial charge in [0.2, 0.25) is 0 Å². The molecule has 8 nitrogen and oxygen atoms in total. The molecule has 9 heteroatoms. The van der Waals surface area contributed by atoms with E-state index >= 15 is 0 Å². The van der Waals surface area contributed by atoms with Crippen LogP contribution in [-0.4, -0.2) is 42.2 Å². The number of nitrogens with zero attached hydrogens (tertiary/aromatic N) is 6. The first-order valence-electron chi connectivity index (χ1n) is 8.23. The van der Waals surface area contributed by atoms with Crippen LogP contribution < -0.4 is 5.32 Å². The van der Waals surface area contributed by atoms with Crippen LogP contribution in [0, 0.1) is 13.8 Å². The Hall–Kier alpha value is -2.55. The van der Waals surface area contributed by atoms with Crippen molar-refractivity contribution in [3.8, 4) is 5.00 Å². The van der Waals surface area contributed by atoms with E-state index in [2.05, 4.69) is 37.3 Å². The summed E-state index contributed by atoms with van der Waals surface area (Å²) in [6.07, 6.45) is 7.04. The molecule has 3 rings (SSSR count). The van der Waals surface area contributed by atoms with E-state index in [1.807, 2.05) is 26.2 Å². The summed E-state index contributed by atoms with van der Waals surface area (Å²) in [7, 11) is 0. The van der Waals surface area contributed by atoms with Crippen LogP contribution in [-0.2, 0) is 13.0 Å². The minimum Gasteiger partial charge on any atom is -0.352 e. The van der Waals surface area contributed by atoms with Crippen LogP contribution in [0.5, 0.6) is 0 Å². The number of carbonyl (C=O) groups excluding carboxylic acids is 1. The fourth-order valence-electron chi connectivity index (χ4n) is 2.69. The van der Waals surface area contributed by atoms with E-state index in [1.165, 1.54) is 17.7 Å². The maximum Gasteiger partial charge on any atom is 0.254 e. The Morgan fingerprint density at radius 1 is 1.36 bits per heavy atom. The average Bonchev–Trinajstić information content (AvgIpc) is 3.33. The first-order chi connectivity index (χ1) is 12.1. The summed E-state index contributed by atoms with van der Waals surface area (Å²) in [5.74, 6) is 0.977. The topological polar surface area (TPSA) is 90.5 Å².